The molecule has 4 N–H and O–H groups in total. The Morgan fingerprint density at radius 1 is 0.800 bits per heavy atom. The van der Waals surface area contributed by atoms with Crippen molar-refractivity contribution in [3.8, 4) is 22.4 Å². The Morgan fingerprint density at radius 2 is 1.31 bits per heavy atom. The molecular formula is C42H55N7O6. The molecule has 0 saturated carbocycles. The number of carbonyl (C=O) groups is 4. The van der Waals surface area contributed by atoms with Gasteiger partial charge in [0, 0.05) is 24.5 Å². The predicted octanol–water partition coefficient (Wildman–Crippen LogP) is 6.62. The second kappa shape index (κ2) is 18.2. The second-order valence-electron chi connectivity index (χ2n) is 14.8. The summed E-state index contributed by atoms with van der Waals surface area (Å²) >= 11 is 0. The van der Waals surface area contributed by atoms with Gasteiger partial charge >= 0.3 is 12.2 Å². The minimum absolute atomic E-state index is 0.106. The maximum atomic E-state index is 13.6. The first-order valence-electron chi connectivity index (χ1n) is 19.0. The van der Waals surface area contributed by atoms with E-state index in [9.17, 15) is 19.2 Å². The van der Waals surface area contributed by atoms with Gasteiger partial charge in [-0.15, -0.1) is 0 Å². The van der Waals surface area contributed by atoms with Gasteiger partial charge in [-0.25, -0.2) is 14.6 Å². The van der Waals surface area contributed by atoms with E-state index in [1.54, 1.807) is 16.0 Å². The standard InChI is InChI=1S/C42H55N7O6/c1-9-32(44-27(6)34-12-10-22-48(34)39(50)36(25(2)3)46-41(52)54-7)30-18-14-28(15-19-30)29-16-20-31(21-17-29)33-24-43-38(45-33)35-13-11-23-49(35)40(51)37(26(4)5)47-42(53)55-8/h9,14-21,24-26,34-37,44H,6,10-13,22-23H2,1-5,7-8H3,(H,43,45)(H,46,52)(H,47,53)/b32-9-/t34-,35-,36?,37-/m0/s1. The zero-order valence-electron chi connectivity index (χ0n) is 33.0. The third-order valence-corrected chi connectivity index (χ3v) is 10.5. The highest BCUT2D eigenvalue weighted by atomic mass is 16.5. The van der Waals surface area contributed by atoms with Crippen molar-refractivity contribution in [3.05, 3.63) is 84.5 Å². The lowest BCUT2D eigenvalue weighted by molar-refractivity contribution is -0.136. The van der Waals surface area contributed by atoms with E-state index in [4.69, 9.17) is 9.47 Å². The van der Waals surface area contributed by atoms with E-state index in [1.807, 2.05) is 40.7 Å². The molecule has 2 aromatic carbocycles. The Bertz CT molecular complexity index is 1870. The van der Waals surface area contributed by atoms with Gasteiger partial charge in [0.2, 0.25) is 11.8 Å². The number of allylic oxidation sites excluding steroid dienone is 1. The van der Waals surface area contributed by atoms with Crippen molar-refractivity contribution < 1.29 is 28.7 Å². The first-order valence-corrected chi connectivity index (χ1v) is 19.0. The molecule has 2 fully saturated rings. The number of aromatic amines is 1. The number of aromatic nitrogens is 2. The van der Waals surface area contributed by atoms with Gasteiger partial charge in [-0.2, -0.15) is 0 Å². The average Bonchev–Trinajstić information content (AvgIpc) is 3.99. The number of H-pyrrole nitrogens is 1. The predicted molar refractivity (Wildman–Crippen MR) is 212 cm³/mol. The molecule has 3 heterocycles. The van der Waals surface area contributed by atoms with Crippen LogP contribution in [0.3, 0.4) is 0 Å². The Hall–Kier alpha value is -5.59. The number of imidazole rings is 1. The molecule has 0 radical (unpaired) electrons. The normalized spacial score (nSPS) is 18.2. The third kappa shape index (κ3) is 9.38. The molecule has 3 aromatic rings. The van der Waals surface area contributed by atoms with E-state index in [0.717, 1.165) is 70.8 Å². The number of rotatable bonds is 13. The van der Waals surface area contributed by atoms with Crippen LogP contribution < -0.4 is 16.0 Å². The molecular weight excluding hydrogens is 699 g/mol. The first-order chi connectivity index (χ1) is 26.4. The summed E-state index contributed by atoms with van der Waals surface area (Å²) in [5, 5.41) is 8.86. The van der Waals surface area contributed by atoms with E-state index in [-0.39, 0.29) is 35.7 Å². The van der Waals surface area contributed by atoms with Gasteiger partial charge in [-0.3, -0.25) is 9.59 Å². The minimum Gasteiger partial charge on any atom is -0.453 e. The maximum Gasteiger partial charge on any atom is 0.407 e. The molecule has 55 heavy (non-hydrogen) atoms. The summed E-state index contributed by atoms with van der Waals surface area (Å²) in [6, 6.07) is 14.7. The summed E-state index contributed by atoms with van der Waals surface area (Å²) in [4.78, 5) is 62.7. The lowest BCUT2D eigenvalue weighted by atomic mass is 10.0. The Balaban J connectivity index is 1.22. The van der Waals surface area contributed by atoms with Crippen LogP contribution in [0.5, 0.6) is 0 Å². The molecule has 4 atom stereocenters. The second-order valence-corrected chi connectivity index (χ2v) is 14.8. The van der Waals surface area contributed by atoms with Gasteiger partial charge in [0.15, 0.2) is 0 Å². The van der Waals surface area contributed by atoms with E-state index >= 15 is 0 Å². The van der Waals surface area contributed by atoms with Crippen LogP contribution in [-0.4, -0.2) is 89.2 Å². The number of hydrogen-bond donors (Lipinski definition) is 4. The third-order valence-electron chi connectivity index (χ3n) is 10.5. The lowest BCUT2D eigenvalue weighted by Gasteiger charge is -2.32. The van der Waals surface area contributed by atoms with Gasteiger partial charge in [0.1, 0.15) is 17.9 Å². The molecule has 1 unspecified atom stereocenters. The molecule has 0 aliphatic carbocycles. The Morgan fingerprint density at radius 3 is 1.85 bits per heavy atom. The van der Waals surface area contributed by atoms with Crippen LogP contribution in [0.25, 0.3) is 28.1 Å². The van der Waals surface area contributed by atoms with Gasteiger partial charge in [-0.1, -0.05) is 88.9 Å². The van der Waals surface area contributed by atoms with Crippen LogP contribution >= 0.6 is 0 Å². The van der Waals surface area contributed by atoms with Gasteiger partial charge in [0.25, 0.3) is 0 Å². The summed E-state index contributed by atoms with van der Waals surface area (Å²) < 4.78 is 9.51. The van der Waals surface area contributed by atoms with Gasteiger partial charge in [-0.05, 0) is 66.7 Å². The Labute approximate surface area is 323 Å². The number of nitrogens with one attached hydrogen (secondary N) is 4. The van der Waals surface area contributed by atoms with Crippen molar-refractivity contribution >= 4 is 29.7 Å². The molecule has 13 heteroatoms. The highest BCUT2D eigenvalue weighted by molar-refractivity contribution is 5.87. The highest BCUT2D eigenvalue weighted by Crippen LogP contribution is 2.33. The van der Waals surface area contributed by atoms with E-state index < -0.39 is 24.3 Å². The fourth-order valence-corrected chi connectivity index (χ4v) is 7.37. The monoisotopic (exact) mass is 753 g/mol. The van der Waals surface area contributed by atoms with Crippen LogP contribution in [0.1, 0.15) is 77.7 Å². The maximum absolute atomic E-state index is 13.6. The van der Waals surface area contributed by atoms with Crippen LogP contribution in [0.2, 0.25) is 0 Å². The number of amides is 4. The molecule has 2 aliphatic heterocycles. The number of methoxy groups -OCH3 is 2. The molecule has 0 spiro atoms. The van der Waals surface area contributed by atoms with Gasteiger partial charge in [0.05, 0.1) is 38.2 Å². The topological polar surface area (TPSA) is 158 Å². The number of carbonyl (C=O) groups excluding carboxylic acids is 4. The van der Waals surface area contributed by atoms with Crippen LogP contribution in [-0.2, 0) is 19.1 Å². The van der Waals surface area contributed by atoms with Crippen molar-refractivity contribution in [2.75, 3.05) is 27.3 Å². The van der Waals surface area contributed by atoms with E-state index in [0.29, 0.717) is 13.1 Å². The van der Waals surface area contributed by atoms with Crippen LogP contribution in [0.4, 0.5) is 9.59 Å². The summed E-state index contributed by atoms with van der Waals surface area (Å²) in [6.07, 6.45) is 5.79. The van der Waals surface area contributed by atoms with Gasteiger partial charge < -0.3 is 40.2 Å². The van der Waals surface area contributed by atoms with E-state index in [2.05, 4.69) is 81.0 Å². The average molecular weight is 754 g/mol. The van der Waals surface area contributed by atoms with E-state index in [1.165, 1.54) is 14.2 Å². The number of hydrogen-bond acceptors (Lipinski definition) is 8. The van der Waals surface area contributed by atoms with Crippen molar-refractivity contribution in [2.45, 2.75) is 84.5 Å². The molecule has 1 aromatic heterocycles. The van der Waals surface area contributed by atoms with Crippen LogP contribution in [0.15, 0.2) is 73.1 Å². The first kappa shape index (κ1) is 40.6. The molecule has 2 aliphatic rings. The summed E-state index contributed by atoms with van der Waals surface area (Å²) in [7, 11) is 2.58. The quantitative estimate of drug-likeness (QED) is 0.152. The minimum atomic E-state index is -0.692. The SMILES string of the molecule is C=C(N/C(=C\C)c1ccc(-c2ccc(-c3cnc([C@@H]4CCCN4C(=O)[C@@H](NC(=O)OC)C(C)C)[nH]3)cc2)cc1)[C@@H]1CCCN1C(=O)C(NC(=O)OC)C(C)C. The summed E-state index contributed by atoms with van der Waals surface area (Å²) in [5.41, 5.74) is 6.54. The molecule has 4 amide bonds. The molecule has 13 nitrogen and oxygen atoms in total. The van der Waals surface area contributed by atoms with Crippen molar-refractivity contribution in [1.29, 1.82) is 0 Å². The van der Waals surface area contributed by atoms with Crippen molar-refractivity contribution in [2.24, 2.45) is 11.8 Å². The highest BCUT2D eigenvalue weighted by Gasteiger charge is 2.38. The fraction of sp³-hybridized carbons (Fsp3) is 0.452. The number of alkyl carbamates (subject to hydrolysis) is 2. The number of nitrogens with zero attached hydrogens (tertiary/aromatic N) is 3. The zero-order valence-corrected chi connectivity index (χ0v) is 33.0. The fourth-order valence-electron chi connectivity index (χ4n) is 7.37. The summed E-state index contributed by atoms with van der Waals surface area (Å²) in [5.74, 6) is 0.223. The Kier molecular flexibility index (Phi) is 13.4. The molecule has 5 rings (SSSR count). The van der Waals surface area contributed by atoms with Crippen molar-refractivity contribution in [3.63, 3.8) is 0 Å². The smallest absolute Gasteiger partial charge is 0.407 e. The molecule has 0 bridgehead atoms. The largest absolute Gasteiger partial charge is 0.453 e. The number of likely N-dealkylation sites (tertiary alicyclic amines) is 2. The molecule has 2 saturated heterocycles. The number of ether oxygens (including phenoxy) is 2. The van der Waals surface area contributed by atoms with Crippen LogP contribution in [0, 0.1) is 11.8 Å². The number of benzene rings is 2. The molecule has 294 valence electrons. The lowest BCUT2D eigenvalue weighted by Crippen LogP contribution is -2.53. The van der Waals surface area contributed by atoms with Crippen molar-refractivity contribution in [1.82, 2.24) is 35.7 Å². The zero-order chi connectivity index (χ0) is 39.8. The summed E-state index contributed by atoms with van der Waals surface area (Å²) in [6.45, 7) is 15.1.